The van der Waals surface area contributed by atoms with Crippen LogP contribution in [0.15, 0.2) is 0 Å². The fourth-order valence-corrected chi connectivity index (χ4v) is 4.90. The normalized spacial score (nSPS) is 35.8. The van der Waals surface area contributed by atoms with Crippen LogP contribution in [0.5, 0.6) is 0 Å². The lowest BCUT2D eigenvalue weighted by Crippen LogP contribution is -2.38. The molecule has 2 heterocycles. The number of ether oxygens (including phenoxy) is 1. The minimum Gasteiger partial charge on any atom is -0.381 e. The number of rotatable bonds is 3. The molecule has 3 unspecified atom stereocenters. The lowest BCUT2D eigenvalue weighted by molar-refractivity contribution is 0.182. The summed E-state index contributed by atoms with van der Waals surface area (Å²) in [5, 5.41) is 0.689. The van der Waals surface area contributed by atoms with Crippen LogP contribution in [0.2, 0.25) is 0 Å². The number of hydrogen-bond donors (Lipinski definition) is 1. The summed E-state index contributed by atoms with van der Waals surface area (Å²) in [4.78, 5) is 0. The van der Waals surface area contributed by atoms with Gasteiger partial charge in [0.2, 0.25) is 0 Å². The molecule has 2 N–H and O–H groups in total. The van der Waals surface area contributed by atoms with E-state index in [-0.39, 0.29) is 0 Å². The molecule has 0 aromatic heterocycles. The Balaban J connectivity index is 1.72. The first-order valence-corrected chi connectivity index (χ1v) is 7.59. The summed E-state index contributed by atoms with van der Waals surface area (Å²) in [6.07, 6.45) is 2.39. The van der Waals surface area contributed by atoms with Gasteiger partial charge in [0.1, 0.15) is 0 Å². The quantitative estimate of drug-likeness (QED) is 0.803. The van der Waals surface area contributed by atoms with Gasteiger partial charge < -0.3 is 10.5 Å². The molecule has 0 saturated carbocycles. The lowest BCUT2D eigenvalue weighted by atomic mass is 9.98. The molecule has 0 radical (unpaired) electrons. The van der Waals surface area contributed by atoms with E-state index in [4.69, 9.17) is 10.5 Å². The second kappa shape index (κ2) is 5.64. The van der Waals surface area contributed by atoms with E-state index in [9.17, 15) is 0 Å². The van der Waals surface area contributed by atoms with Crippen molar-refractivity contribution in [3.8, 4) is 0 Å². The van der Waals surface area contributed by atoms with Crippen LogP contribution in [0.4, 0.5) is 0 Å². The second-order valence-electron chi connectivity index (χ2n) is 4.11. The molecule has 14 heavy (non-hydrogen) atoms. The van der Waals surface area contributed by atoms with Gasteiger partial charge in [0.15, 0.2) is 0 Å². The number of hydrogen-bond acceptors (Lipinski definition) is 4. The number of nitrogens with two attached hydrogens (primary N) is 1. The van der Waals surface area contributed by atoms with Gasteiger partial charge in [0.25, 0.3) is 0 Å². The topological polar surface area (TPSA) is 35.2 Å². The van der Waals surface area contributed by atoms with E-state index in [0.717, 1.165) is 25.6 Å². The van der Waals surface area contributed by atoms with E-state index in [2.05, 4.69) is 23.5 Å². The van der Waals surface area contributed by atoms with Crippen molar-refractivity contribution in [3.63, 3.8) is 0 Å². The van der Waals surface area contributed by atoms with E-state index in [1.807, 2.05) is 0 Å². The first-order chi connectivity index (χ1) is 6.86. The average molecular weight is 233 g/mol. The van der Waals surface area contributed by atoms with Gasteiger partial charge in [-0.05, 0) is 18.8 Å². The van der Waals surface area contributed by atoms with Crippen LogP contribution in [-0.4, -0.2) is 41.8 Å². The van der Waals surface area contributed by atoms with Crippen molar-refractivity contribution in [1.29, 1.82) is 0 Å². The average Bonchev–Trinajstić information content (AvgIpc) is 2.72. The Bertz CT molecular complexity index is 168. The monoisotopic (exact) mass is 233 g/mol. The molecule has 0 bridgehead atoms. The minimum absolute atomic E-state index is 0.388. The Labute approximate surface area is 94.7 Å². The smallest absolute Gasteiger partial charge is 0.0495 e. The van der Waals surface area contributed by atoms with Crippen LogP contribution < -0.4 is 5.73 Å². The molecule has 0 aromatic carbocycles. The van der Waals surface area contributed by atoms with Crippen molar-refractivity contribution in [2.75, 3.05) is 30.5 Å². The van der Waals surface area contributed by atoms with Crippen LogP contribution in [0.1, 0.15) is 12.8 Å². The molecule has 2 aliphatic rings. The molecular weight excluding hydrogens is 214 g/mol. The maximum Gasteiger partial charge on any atom is 0.0495 e. The molecular formula is C10H19NOS2. The molecule has 2 rings (SSSR count). The molecule has 0 aliphatic carbocycles. The van der Waals surface area contributed by atoms with Crippen LogP contribution >= 0.6 is 23.5 Å². The first-order valence-electron chi connectivity index (χ1n) is 5.39. The molecule has 0 aromatic rings. The van der Waals surface area contributed by atoms with Gasteiger partial charge in [0.05, 0.1) is 0 Å². The minimum atomic E-state index is 0.388. The van der Waals surface area contributed by atoms with E-state index in [1.54, 1.807) is 0 Å². The Kier molecular flexibility index (Phi) is 4.47. The van der Waals surface area contributed by atoms with Gasteiger partial charge in [0, 0.05) is 41.8 Å². The van der Waals surface area contributed by atoms with Crippen molar-refractivity contribution in [1.82, 2.24) is 0 Å². The summed E-state index contributed by atoms with van der Waals surface area (Å²) in [5.41, 5.74) is 6.24. The highest BCUT2D eigenvalue weighted by Crippen LogP contribution is 2.29. The van der Waals surface area contributed by atoms with Crippen LogP contribution in [-0.2, 0) is 4.74 Å². The standard InChI is InChI=1S/C10H19NOS2/c11-9(5-8-1-2-12-6-8)10-7-13-3-4-14-10/h8-10H,1-7,11H2. The molecule has 3 atom stereocenters. The molecule has 4 heteroatoms. The van der Waals surface area contributed by atoms with Crippen molar-refractivity contribution in [3.05, 3.63) is 0 Å². The van der Waals surface area contributed by atoms with E-state index in [1.165, 1.54) is 23.7 Å². The van der Waals surface area contributed by atoms with E-state index in [0.29, 0.717) is 11.3 Å². The Morgan fingerprint density at radius 2 is 2.36 bits per heavy atom. The molecule has 2 saturated heterocycles. The SMILES string of the molecule is NC(CC1CCOC1)C1CSCCS1. The zero-order chi connectivity index (χ0) is 9.80. The van der Waals surface area contributed by atoms with Crippen molar-refractivity contribution >= 4 is 23.5 Å². The highest BCUT2D eigenvalue weighted by molar-refractivity contribution is 8.06. The van der Waals surface area contributed by atoms with Gasteiger partial charge >= 0.3 is 0 Å². The van der Waals surface area contributed by atoms with E-state index >= 15 is 0 Å². The predicted octanol–water partition coefficient (Wildman–Crippen LogP) is 1.59. The zero-order valence-corrected chi connectivity index (χ0v) is 10.1. The van der Waals surface area contributed by atoms with Crippen LogP contribution in [0, 0.1) is 5.92 Å². The second-order valence-corrected chi connectivity index (χ2v) is 6.61. The fraction of sp³-hybridized carbons (Fsp3) is 1.00. The van der Waals surface area contributed by atoms with Crippen molar-refractivity contribution in [2.45, 2.75) is 24.1 Å². The summed E-state index contributed by atoms with van der Waals surface area (Å²) in [5.74, 6) is 4.57. The fourth-order valence-electron chi connectivity index (χ4n) is 2.06. The largest absolute Gasteiger partial charge is 0.381 e. The summed E-state index contributed by atoms with van der Waals surface area (Å²) < 4.78 is 5.38. The molecule has 2 fully saturated rings. The zero-order valence-electron chi connectivity index (χ0n) is 8.48. The summed E-state index contributed by atoms with van der Waals surface area (Å²) in [6.45, 7) is 1.89. The maximum absolute atomic E-state index is 6.24. The molecule has 2 nitrogen and oxygen atoms in total. The third kappa shape index (κ3) is 3.05. The van der Waals surface area contributed by atoms with Gasteiger partial charge in [-0.25, -0.2) is 0 Å². The third-order valence-corrected chi connectivity index (χ3v) is 5.89. The summed E-state index contributed by atoms with van der Waals surface area (Å²) in [7, 11) is 0. The molecule has 2 aliphatic heterocycles. The molecule has 0 amide bonds. The predicted molar refractivity (Wildman–Crippen MR) is 65.1 cm³/mol. The lowest BCUT2D eigenvalue weighted by Gasteiger charge is -2.28. The van der Waals surface area contributed by atoms with Gasteiger partial charge in [-0.3, -0.25) is 0 Å². The molecule has 0 spiro atoms. The Hall–Kier alpha value is 0.620. The van der Waals surface area contributed by atoms with Gasteiger partial charge in [-0.2, -0.15) is 23.5 Å². The Morgan fingerprint density at radius 3 is 3.00 bits per heavy atom. The van der Waals surface area contributed by atoms with Gasteiger partial charge in [-0.15, -0.1) is 0 Å². The van der Waals surface area contributed by atoms with Crippen LogP contribution in [0.25, 0.3) is 0 Å². The highest BCUT2D eigenvalue weighted by atomic mass is 32.2. The van der Waals surface area contributed by atoms with Crippen LogP contribution in [0.3, 0.4) is 0 Å². The van der Waals surface area contributed by atoms with Gasteiger partial charge in [-0.1, -0.05) is 0 Å². The van der Waals surface area contributed by atoms with E-state index < -0.39 is 0 Å². The summed E-state index contributed by atoms with van der Waals surface area (Å²) in [6, 6.07) is 0.388. The highest BCUT2D eigenvalue weighted by Gasteiger charge is 2.26. The molecule has 82 valence electrons. The Morgan fingerprint density at radius 1 is 1.43 bits per heavy atom. The summed E-state index contributed by atoms with van der Waals surface area (Å²) >= 11 is 4.13. The third-order valence-electron chi connectivity index (χ3n) is 2.95. The van der Waals surface area contributed by atoms with Crippen molar-refractivity contribution in [2.24, 2.45) is 11.7 Å². The number of thioether (sulfide) groups is 2. The van der Waals surface area contributed by atoms with Crippen molar-refractivity contribution < 1.29 is 4.74 Å². The first kappa shape index (κ1) is 11.1. The maximum atomic E-state index is 6.24.